The molecule has 0 saturated heterocycles. The summed E-state index contributed by atoms with van der Waals surface area (Å²) in [6, 6.07) is 7.60. The molecule has 100 valence electrons. The van der Waals surface area contributed by atoms with Gasteiger partial charge in [0.1, 0.15) is 0 Å². The van der Waals surface area contributed by atoms with Crippen LogP contribution in [0.3, 0.4) is 0 Å². The fourth-order valence-corrected chi connectivity index (χ4v) is 2.18. The lowest BCUT2D eigenvalue weighted by molar-refractivity contribution is -0.120. The summed E-state index contributed by atoms with van der Waals surface area (Å²) in [5.41, 5.74) is 5.42. The summed E-state index contributed by atoms with van der Waals surface area (Å²) in [4.78, 5) is 12.6. The fourth-order valence-electron chi connectivity index (χ4n) is 1.21. The number of carbonyl (C=O) groups is 1. The summed E-state index contributed by atoms with van der Waals surface area (Å²) in [5.74, 6) is 0.786. The number of carbonyl (C=O) groups excluding carboxylic acids is 1. The van der Waals surface area contributed by atoms with Crippen LogP contribution in [0.4, 0.5) is 0 Å². The van der Waals surface area contributed by atoms with Crippen LogP contribution < -0.4 is 11.1 Å². The SMILES string of the molecule is CC(C)(N)CNC(=O)CCSc1ccc(Cl)cc1. The molecule has 0 fully saturated rings. The van der Waals surface area contributed by atoms with E-state index in [4.69, 9.17) is 17.3 Å². The van der Waals surface area contributed by atoms with Gasteiger partial charge in [-0.2, -0.15) is 0 Å². The number of hydrogen-bond acceptors (Lipinski definition) is 3. The topological polar surface area (TPSA) is 55.1 Å². The van der Waals surface area contributed by atoms with Gasteiger partial charge in [0, 0.05) is 34.2 Å². The number of thioether (sulfide) groups is 1. The molecule has 0 aromatic heterocycles. The van der Waals surface area contributed by atoms with Crippen LogP contribution >= 0.6 is 23.4 Å². The van der Waals surface area contributed by atoms with Gasteiger partial charge in [-0.1, -0.05) is 11.6 Å². The zero-order chi connectivity index (χ0) is 13.6. The van der Waals surface area contributed by atoms with Crippen LogP contribution in [0.2, 0.25) is 5.02 Å². The van der Waals surface area contributed by atoms with Crippen molar-refractivity contribution in [1.82, 2.24) is 5.32 Å². The van der Waals surface area contributed by atoms with Crippen molar-refractivity contribution in [3.05, 3.63) is 29.3 Å². The minimum Gasteiger partial charge on any atom is -0.354 e. The quantitative estimate of drug-likeness (QED) is 0.791. The molecule has 0 aliphatic heterocycles. The standard InChI is InChI=1S/C13H19ClN2OS/c1-13(2,15)9-16-12(17)7-8-18-11-5-3-10(14)4-6-11/h3-6H,7-9,15H2,1-2H3,(H,16,17). The smallest absolute Gasteiger partial charge is 0.220 e. The van der Waals surface area contributed by atoms with Crippen molar-refractivity contribution in [1.29, 1.82) is 0 Å². The summed E-state index contributed by atoms with van der Waals surface area (Å²) in [5, 5.41) is 3.54. The zero-order valence-corrected chi connectivity index (χ0v) is 12.3. The second kappa shape index (κ2) is 7.02. The van der Waals surface area contributed by atoms with Gasteiger partial charge in [-0.05, 0) is 38.1 Å². The number of hydrogen-bond donors (Lipinski definition) is 2. The molecule has 0 heterocycles. The van der Waals surface area contributed by atoms with E-state index in [1.54, 1.807) is 11.8 Å². The molecule has 0 aliphatic rings. The van der Waals surface area contributed by atoms with Gasteiger partial charge in [0.15, 0.2) is 0 Å². The highest BCUT2D eigenvalue weighted by atomic mass is 35.5. The average molecular weight is 287 g/mol. The monoisotopic (exact) mass is 286 g/mol. The van der Waals surface area contributed by atoms with Gasteiger partial charge in [-0.3, -0.25) is 4.79 Å². The lowest BCUT2D eigenvalue weighted by Gasteiger charge is -2.18. The van der Waals surface area contributed by atoms with E-state index in [0.29, 0.717) is 13.0 Å². The van der Waals surface area contributed by atoms with E-state index < -0.39 is 0 Å². The maximum absolute atomic E-state index is 11.5. The Balaban J connectivity index is 2.21. The molecule has 1 rings (SSSR count). The summed E-state index contributed by atoms with van der Waals surface area (Å²) >= 11 is 7.43. The normalized spacial score (nSPS) is 11.3. The van der Waals surface area contributed by atoms with Crippen LogP contribution in [0.1, 0.15) is 20.3 Å². The average Bonchev–Trinajstić information content (AvgIpc) is 2.28. The van der Waals surface area contributed by atoms with Crippen molar-refractivity contribution < 1.29 is 4.79 Å². The summed E-state index contributed by atoms with van der Waals surface area (Å²) < 4.78 is 0. The Morgan fingerprint density at radius 2 is 2.00 bits per heavy atom. The van der Waals surface area contributed by atoms with Gasteiger partial charge in [0.25, 0.3) is 0 Å². The number of benzene rings is 1. The van der Waals surface area contributed by atoms with Crippen molar-refractivity contribution in [2.45, 2.75) is 30.7 Å². The highest BCUT2D eigenvalue weighted by molar-refractivity contribution is 7.99. The van der Waals surface area contributed by atoms with E-state index in [-0.39, 0.29) is 11.4 Å². The third kappa shape index (κ3) is 6.89. The molecule has 18 heavy (non-hydrogen) atoms. The number of halogens is 1. The van der Waals surface area contributed by atoms with Crippen LogP contribution in [-0.4, -0.2) is 23.7 Å². The minimum atomic E-state index is -0.362. The molecule has 0 bridgehead atoms. The predicted octanol–water partition coefficient (Wildman–Crippen LogP) is 2.68. The third-order valence-electron chi connectivity index (χ3n) is 2.15. The lowest BCUT2D eigenvalue weighted by atomic mass is 10.1. The second-order valence-electron chi connectivity index (χ2n) is 4.82. The van der Waals surface area contributed by atoms with E-state index in [2.05, 4.69) is 5.32 Å². The first-order chi connectivity index (χ1) is 8.37. The van der Waals surface area contributed by atoms with Crippen molar-refractivity contribution in [3.63, 3.8) is 0 Å². The van der Waals surface area contributed by atoms with Crippen molar-refractivity contribution in [2.24, 2.45) is 5.73 Å². The highest BCUT2D eigenvalue weighted by Gasteiger charge is 2.11. The minimum absolute atomic E-state index is 0.0370. The zero-order valence-electron chi connectivity index (χ0n) is 10.7. The Hall–Kier alpha value is -0.710. The number of rotatable bonds is 6. The molecule has 0 unspecified atom stereocenters. The van der Waals surface area contributed by atoms with Crippen molar-refractivity contribution in [3.8, 4) is 0 Å². The Labute approximate surface area is 117 Å². The van der Waals surface area contributed by atoms with Gasteiger partial charge in [0.05, 0.1) is 0 Å². The molecular formula is C13H19ClN2OS. The van der Waals surface area contributed by atoms with Crippen molar-refractivity contribution in [2.75, 3.05) is 12.3 Å². The van der Waals surface area contributed by atoms with Crippen LogP contribution in [-0.2, 0) is 4.79 Å². The number of nitrogens with two attached hydrogens (primary N) is 1. The van der Waals surface area contributed by atoms with Gasteiger partial charge >= 0.3 is 0 Å². The Kier molecular flexibility index (Phi) is 5.99. The lowest BCUT2D eigenvalue weighted by Crippen LogP contribution is -2.45. The summed E-state index contributed by atoms with van der Waals surface area (Å²) in [6.07, 6.45) is 0.489. The van der Waals surface area contributed by atoms with Crippen LogP contribution in [0.15, 0.2) is 29.2 Å². The van der Waals surface area contributed by atoms with E-state index in [9.17, 15) is 4.79 Å². The molecule has 3 nitrogen and oxygen atoms in total. The molecule has 1 aromatic carbocycles. The fraction of sp³-hybridized carbons (Fsp3) is 0.462. The first kappa shape index (κ1) is 15.3. The molecule has 1 aromatic rings. The molecule has 0 saturated carbocycles. The van der Waals surface area contributed by atoms with Crippen LogP contribution in [0.5, 0.6) is 0 Å². The highest BCUT2D eigenvalue weighted by Crippen LogP contribution is 2.20. The van der Waals surface area contributed by atoms with E-state index in [1.807, 2.05) is 38.1 Å². The van der Waals surface area contributed by atoms with Gasteiger partial charge in [0.2, 0.25) is 5.91 Å². The van der Waals surface area contributed by atoms with Gasteiger partial charge in [-0.15, -0.1) is 11.8 Å². The Morgan fingerprint density at radius 1 is 1.39 bits per heavy atom. The number of amides is 1. The van der Waals surface area contributed by atoms with Crippen LogP contribution in [0.25, 0.3) is 0 Å². The molecule has 0 aliphatic carbocycles. The molecule has 1 amide bonds. The molecule has 0 radical (unpaired) electrons. The number of nitrogens with one attached hydrogen (secondary N) is 1. The first-order valence-corrected chi connectivity index (χ1v) is 7.17. The Bertz CT molecular complexity index is 387. The molecule has 3 N–H and O–H groups in total. The third-order valence-corrected chi connectivity index (χ3v) is 3.42. The van der Waals surface area contributed by atoms with E-state index in [0.717, 1.165) is 15.7 Å². The molecule has 5 heteroatoms. The predicted molar refractivity (Wildman–Crippen MR) is 78.1 cm³/mol. The van der Waals surface area contributed by atoms with E-state index in [1.165, 1.54) is 0 Å². The van der Waals surface area contributed by atoms with Crippen molar-refractivity contribution >= 4 is 29.3 Å². The van der Waals surface area contributed by atoms with Gasteiger partial charge < -0.3 is 11.1 Å². The maximum Gasteiger partial charge on any atom is 0.220 e. The molecular weight excluding hydrogens is 268 g/mol. The van der Waals surface area contributed by atoms with Gasteiger partial charge in [-0.25, -0.2) is 0 Å². The summed E-state index contributed by atoms with van der Waals surface area (Å²) in [7, 11) is 0. The largest absolute Gasteiger partial charge is 0.354 e. The second-order valence-corrected chi connectivity index (χ2v) is 6.42. The molecule has 0 atom stereocenters. The maximum atomic E-state index is 11.5. The summed E-state index contributed by atoms with van der Waals surface area (Å²) in [6.45, 7) is 4.27. The molecule has 0 spiro atoms. The first-order valence-electron chi connectivity index (χ1n) is 5.81. The van der Waals surface area contributed by atoms with Crippen LogP contribution in [0, 0.1) is 0 Å². The van der Waals surface area contributed by atoms with E-state index >= 15 is 0 Å². The Morgan fingerprint density at radius 3 is 2.56 bits per heavy atom.